The van der Waals surface area contributed by atoms with Crippen LogP contribution >= 0.6 is 0 Å². The van der Waals surface area contributed by atoms with Crippen molar-refractivity contribution in [1.82, 2.24) is 5.32 Å². The van der Waals surface area contributed by atoms with E-state index in [1.165, 1.54) is 17.7 Å². The normalized spacial score (nSPS) is 10.4. The summed E-state index contributed by atoms with van der Waals surface area (Å²) in [5, 5.41) is 3.36. The molecule has 0 saturated carbocycles. The van der Waals surface area contributed by atoms with Crippen LogP contribution in [0.25, 0.3) is 0 Å². The Labute approximate surface area is 99.7 Å². The van der Waals surface area contributed by atoms with E-state index >= 15 is 0 Å². The third-order valence-corrected chi connectivity index (χ3v) is 2.78. The second-order valence-electron chi connectivity index (χ2n) is 4.13. The van der Waals surface area contributed by atoms with Crippen LogP contribution in [0, 0.1) is 6.92 Å². The molecule has 1 aromatic carbocycles. The van der Waals surface area contributed by atoms with Crippen LogP contribution in [0.3, 0.4) is 0 Å². The molecule has 0 bridgehead atoms. The largest absolute Gasteiger partial charge is 0.372 e. The minimum atomic E-state index is 1.07. The van der Waals surface area contributed by atoms with Gasteiger partial charge in [0.15, 0.2) is 0 Å². The molecule has 0 heterocycles. The predicted octanol–water partition coefficient (Wildman–Crippen LogP) is 2.82. The standard InChI is InChI=1S/C14H24N2/c1-4-15-10-7-11-16(5-2)14-9-6-8-13(3)12-14/h6,8-9,12,15H,4-5,7,10-11H2,1-3H3. The number of nitrogens with zero attached hydrogens (tertiary/aromatic N) is 1. The molecule has 0 unspecified atom stereocenters. The first-order valence-electron chi connectivity index (χ1n) is 6.30. The highest BCUT2D eigenvalue weighted by molar-refractivity contribution is 5.48. The van der Waals surface area contributed by atoms with E-state index in [-0.39, 0.29) is 0 Å². The minimum Gasteiger partial charge on any atom is -0.372 e. The van der Waals surface area contributed by atoms with Gasteiger partial charge >= 0.3 is 0 Å². The highest BCUT2D eigenvalue weighted by Crippen LogP contribution is 2.15. The van der Waals surface area contributed by atoms with Crippen LogP contribution in [0.15, 0.2) is 24.3 Å². The van der Waals surface area contributed by atoms with Crippen molar-refractivity contribution in [3.8, 4) is 0 Å². The van der Waals surface area contributed by atoms with Crippen molar-refractivity contribution in [2.75, 3.05) is 31.1 Å². The van der Waals surface area contributed by atoms with Gasteiger partial charge in [-0.15, -0.1) is 0 Å². The van der Waals surface area contributed by atoms with E-state index in [4.69, 9.17) is 0 Å². The first-order chi connectivity index (χ1) is 7.77. The Bertz CT molecular complexity index is 297. The van der Waals surface area contributed by atoms with Crippen LogP contribution in [0.2, 0.25) is 0 Å². The molecule has 0 radical (unpaired) electrons. The Hall–Kier alpha value is -1.02. The average Bonchev–Trinajstić information content (AvgIpc) is 2.29. The lowest BCUT2D eigenvalue weighted by Crippen LogP contribution is -2.27. The number of rotatable bonds is 7. The molecule has 0 spiro atoms. The number of hydrogen-bond acceptors (Lipinski definition) is 2. The molecule has 0 atom stereocenters. The average molecular weight is 220 g/mol. The molecule has 0 aliphatic rings. The lowest BCUT2D eigenvalue weighted by Gasteiger charge is -2.23. The molecular formula is C14H24N2. The first-order valence-corrected chi connectivity index (χ1v) is 6.30. The van der Waals surface area contributed by atoms with Gasteiger partial charge in [0.05, 0.1) is 0 Å². The van der Waals surface area contributed by atoms with Crippen molar-refractivity contribution in [2.24, 2.45) is 0 Å². The highest BCUT2D eigenvalue weighted by atomic mass is 15.1. The van der Waals surface area contributed by atoms with Crippen LogP contribution in [-0.2, 0) is 0 Å². The van der Waals surface area contributed by atoms with E-state index in [2.05, 4.69) is 55.3 Å². The van der Waals surface area contributed by atoms with Crippen molar-refractivity contribution in [1.29, 1.82) is 0 Å². The van der Waals surface area contributed by atoms with Crippen LogP contribution in [0.1, 0.15) is 25.8 Å². The van der Waals surface area contributed by atoms with E-state index in [0.29, 0.717) is 0 Å². The van der Waals surface area contributed by atoms with Crippen LogP contribution < -0.4 is 10.2 Å². The molecule has 0 aliphatic carbocycles. The van der Waals surface area contributed by atoms with Gasteiger partial charge in [-0.3, -0.25) is 0 Å². The molecule has 0 aliphatic heterocycles. The number of aryl methyl sites for hydroxylation is 1. The summed E-state index contributed by atoms with van der Waals surface area (Å²) < 4.78 is 0. The van der Waals surface area contributed by atoms with E-state index in [0.717, 1.165) is 26.2 Å². The molecule has 1 rings (SSSR count). The van der Waals surface area contributed by atoms with Crippen molar-refractivity contribution < 1.29 is 0 Å². The zero-order valence-corrected chi connectivity index (χ0v) is 10.8. The van der Waals surface area contributed by atoms with Gasteiger partial charge in [0.2, 0.25) is 0 Å². The number of benzene rings is 1. The van der Waals surface area contributed by atoms with Gasteiger partial charge < -0.3 is 10.2 Å². The molecule has 0 aromatic heterocycles. The summed E-state index contributed by atoms with van der Waals surface area (Å²) in [6, 6.07) is 8.74. The third kappa shape index (κ3) is 4.23. The lowest BCUT2D eigenvalue weighted by atomic mass is 10.2. The number of hydrogen-bond donors (Lipinski definition) is 1. The summed E-state index contributed by atoms with van der Waals surface area (Å²) in [5.74, 6) is 0. The predicted molar refractivity (Wildman–Crippen MR) is 72.2 cm³/mol. The Balaban J connectivity index is 2.47. The van der Waals surface area contributed by atoms with Gasteiger partial charge in [-0.1, -0.05) is 19.1 Å². The zero-order chi connectivity index (χ0) is 11.8. The van der Waals surface area contributed by atoms with Crippen molar-refractivity contribution in [3.63, 3.8) is 0 Å². The van der Waals surface area contributed by atoms with Gasteiger partial charge in [-0.05, 0) is 51.1 Å². The number of nitrogens with one attached hydrogen (secondary N) is 1. The molecule has 2 heteroatoms. The molecule has 1 N–H and O–H groups in total. The summed E-state index contributed by atoms with van der Waals surface area (Å²) in [7, 11) is 0. The minimum absolute atomic E-state index is 1.07. The number of anilines is 1. The summed E-state index contributed by atoms with van der Waals surface area (Å²) >= 11 is 0. The topological polar surface area (TPSA) is 15.3 Å². The third-order valence-electron chi connectivity index (χ3n) is 2.78. The van der Waals surface area contributed by atoms with E-state index in [1.807, 2.05) is 0 Å². The van der Waals surface area contributed by atoms with Crippen LogP contribution in [-0.4, -0.2) is 26.2 Å². The van der Waals surface area contributed by atoms with E-state index in [1.54, 1.807) is 0 Å². The van der Waals surface area contributed by atoms with Gasteiger partial charge in [0.1, 0.15) is 0 Å². The van der Waals surface area contributed by atoms with Gasteiger partial charge in [0.25, 0.3) is 0 Å². The second kappa shape index (κ2) is 7.29. The summed E-state index contributed by atoms with van der Waals surface area (Å²) in [4.78, 5) is 2.43. The molecule has 90 valence electrons. The van der Waals surface area contributed by atoms with E-state index in [9.17, 15) is 0 Å². The SMILES string of the molecule is CCNCCCN(CC)c1cccc(C)c1. The summed E-state index contributed by atoms with van der Waals surface area (Å²) in [5.41, 5.74) is 2.68. The quantitative estimate of drug-likeness (QED) is 0.711. The molecule has 0 amide bonds. The maximum atomic E-state index is 3.36. The summed E-state index contributed by atoms with van der Waals surface area (Å²) in [6.45, 7) is 10.9. The molecule has 2 nitrogen and oxygen atoms in total. The molecule has 0 fully saturated rings. The Morgan fingerprint density at radius 1 is 1.25 bits per heavy atom. The van der Waals surface area contributed by atoms with Crippen molar-refractivity contribution in [2.45, 2.75) is 27.2 Å². The van der Waals surface area contributed by atoms with Crippen molar-refractivity contribution in [3.05, 3.63) is 29.8 Å². The fourth-order valence-electron chi connectivity index (χ4n) is 1.87. The Kier molecular flexibility index (Phi) is 5.94. The smallest absolute Gasteiger partial charge is 0.0368 e. The van der Waals surface area contributed by atoms with Crippen LogP contribution in [0.4, 0.5) is 5.69 Å². The van der Waals surface area contributed by atoms with Crippen molar-refractivity contribution >= 4 is 5.69 Å². The van der Waals surface area contributed by atoms with Gasteiger partial charge in [-0.25, -0.2) is 0 Å². The Morgan fingerprint density at radius 3 is 2.69 bits per heavy atom. The molecular weight excluding hydrogens is 196 g/mol. The maximum Gasteiger partial charge on any atom is 0.0368 e. The monoisotopic (exact) mass is 220 g/mol. The zero-order valence-electron chi connectivity index (χ0n) is 10.8. The fourth-order valence-corrected chi connectivity index (χ4v) is 1.87. The summed E-state index contributed by atoms with van der Waals surface area (Å²) in [6.07, 6.45) is 1.20. The maximum absolute atomic E-state index is 3.36. The van der Waals surface area contributed by atoms with Gasteiger partial charge in [0, 0.05) is 18.8 Å². The first kappa shape index (κ1) is 13.0. The molecule has 0 saturated heterocycles. The van der Waals surface area contributed by atoms with Gasteiger partial charge in [-0.2, -0.15) is 0 Å². The molecule has 16 heavy (non-hydrogen) atoms. The lowest BCUT2D eigenvalue weighted by molar-refractivity contribution is 0.656. The fraction of sp³-hybridized carbons (Fsp3) is 0.571. The Morgan fingerprint density at radius 2 is 2.06 bits per heavy atom. The highest BCUT2D eigenvalue weighted by Gasteiger charge is 2.03. The van der Waals surface area contributed by atoms with Crippen LogP contribution in [0.5, 0.6) is 0 Å². The van der Waals surface area contributed by atoms with E-state index < -0.39 is 0 Å². The second-order valence-corrected chi connectivity index (χ2v) is 4.13. The molecule has 1 aromatic rings.